The number of hydrogen-bond acceptors (Lipinski definition) is 4. The quantitative estimate of drug-likeness (QED) is 0.321. The first kappa shape index (κ1) is 24.3. The highest BCUT2D eigenvalue weighted by atomic mass is 127. The van der Waals surface area contributed by atoms with Crippen LogP contribution in [0.15, 0.2) is 4.99 Å². The Morgan fingerprint density at radius 1 is 1.22 bits per heavy atom. The third-order valence-electron chi connectivity index (χ3n) is 5.29. The lowest BCUT2D eigenvalue weighted by Crippen LogP contribution is -2.49. The molecule has 0 unspecified atom stereocenters. The number of carbonyl (C=O) groups excluding carboxylic acids is 1. The molecule has 7 nitrogen and oxygen atoms in total. The largest absolute Gasteiger partial charge is 0.450 e. The lowest BCUT2D eigenvalue weighted by molar-refractivity contribution is -0.0624. The molecular formula is C19H37IN4O3. The zero-order chi connectivity index (χ0) is 18.8. The van der Waals surface area contributed by atoms with E-state index in [-0.39, 0.29) is 41.7 Å². The number of halogens is 1. The number of rotatable bonds is 7. The maximum Gasteiger partial charge on any atom is 0.409 e. The third kappa shape index (κ3) is 8.01. The normalized spacial score (nSPS) is 20.7. The highest BCUT2D eigenvalue weighted by molar-refractivity contribution is 14.0. The van der Waals surface area contributed by atoms with Crippen LogP contribution in [0.2, 0.25) is 0 Å². The van der Waals surface area contributed by atoms with Crippen LogP contribution in [0, 0.1) is 0 Å². The third-order valence-corrected chi connectivity index (χ3v) is 5.29. The highest BCUT2D eigenvalue weighted by Gasteiger charge is 2.33. The van der Waals surface area contributed by atoms with Crippen molar-refractivity contribution in [3.05, 3.63) is 0 Å². The fraction of sp³-hybridized carbons (Fsp3) is 0.895. The van der Waals surface area contributed by atoms with E-state index in [9.17, 15) is 4.79 Å². The van der Waals surface area contributed by atoms with E-state index in [1.54, 1.807) is 4.90 Å². The molecule has 2 fully saturated rings. The van der Waals surface area contributed by atoms with Crippen molar-refractivity contribution in [2.24, 2.45) is 10.7 Å². The predicted molar refractivity (Wildman–Crippen MR) is 119 cm³/mol. The Kier molecular flexibility index (Phi) is 11.4. The van der Waals surface area contributed by atoms with Crippen LogP contribution >= 0.6 is 24.0 Å². The second-order valence-corrected chi connectivity index (χ2v) is 7.40. The number of nitrogens with zero attached hydrogens (tertiary/aromatic N) is 2. The molecule has 0 radical (unpaired) electrons. The predicted octanol–water partition coefficient (Wildman–Crippen LogP) is 3.26. The zero-order valence-corrected chi connectivity index (χ0v) is 19.2. The summed E-state index contributed by atoms with van der Waals surface area (Å²) in [4.78, 5) is 18.1. The van der Waals surface area contributed by atoms with Crippen molar-refractivity contribution in [2.75, 3.05) is 32.8 Å². The maximum atomic E-state index is 11.7. The number of guanidine groups is 1. The molecule has 0 aromatic heterocycles. The molecular weight excluding hydrogens is 459 g/mol. The molecule has 27 heavy (non-hydrogen) atoms. The number of piperidine rings is 1. The Labute approximate surface area is 180 Å². The van der Waals surface area contributed by atoms with E-state index < -0.39 is 0 Å². The molecule has 158 valence electrons. The van der Waals surface area contributed by atoms with Gasteiger partial charge < -0.3 is 25.4 Å². The molecule has 3 N–H and O–H groups in total. The summed E-state index contributed by atoms with van der Waals surface area (Å²) >= 11 is 0. The Hall–Kier alpha value is -0.770. The average molecular weight is 496 g/mol. The molecule has 1 amide bonds. The Balaban J connectivity index is 0.00000364. The molecule has 1 saturated carbocycles. The van der Waals surface area contributed by atoms with Gasteiger partial charge in [0.2, 0.25) is 0 Å². The zero-order valence-electron chi connectivity index (χ0n) is 16.9. The molecule has 1 aliphatic carbocycles. The van der Waals surface area contributed by atoms with Crippen LogP contribution in [0.4, 0.5) is 4.79 Å². The van der Waals surface area contributed by atoms with E-state index in [0.717, 1.165) is 38.7 Å². The van der Waals surface area contributed by atoms with Crippen LogP contribution in [0.25, 0.3) is 0 Å². The van der Waals surface area contributed by atoms with Crippen LogP contribution in [0.1, 0.15) is 65.2 Å². The first-order chi connectivity index (χ1) is 12.6. The summed E-state index contributed by atoms with van der Waals surface area (Å²) in [6.07, 6.45) is 8.35. The Morgan fingerprint density at radius 3 is 2.48 bits per heavy atom. The van der Waals surface area contributed by atoms with Crippen molar-refractivity contribution in [2.45, 2.75) is 76.9 Å². The second-order valence-electron chi connectivity index (χ2n) is 7.40. The fourth-order valence-electron chi connectivity index (χ4n) is 3.77. The summed E-state index contributed by atoms with van der Waals surface area (Å²) in [6, 6.07) is 0.253. The van der Waals surface area contributed by atoms with Gasteiger partial charge in [-0.15, -0.1) is 24.0 Å². The van der Waals surface area contributed by atoms with E-state index in [1.807, 2.05) is 6.92 Å². The summed E-state index contributed by atoms with van der Waals surface area (Å²) in [5.74, 6) is 0.490. The van der Waals surface area contributed by atoms with Gasteiger partial charge in [-0.05, 0) is 39.0 Å². The topological polar surface area (TPSA) is 89.2 Å². The highest BCUT2D eigenvalue weighted by Crippen LogP contribution is 2.32. The number of likely N-dealkylation sites (tertiary alicyclic amines) is 1. The Bertz CT molecular complexity index is 462. The van der Waals surface area contributed by atoms with Crippen LogP contribution in [0.3, 0.4) is 0 Å². The van der Waals surface area contributed by atoms with Gasteiger partial charge in [0.1, 0.15) is 0 Å². The fourth-order valence-corrected chi connectivity index (χ4v) is 3.77. The van der Waals surface area contributed by atoms with Crippen LogP contribution in [-0.4, -0.2) is 61.4 Å². The number of hydrogen-bond donors (Lipinski definition) is 2. The summed E-state index contributed by atoms with van der Waals surface area (Å²) in [5.41, 5.74) is 6.00. The molecule has 1 heterocycles. The molecule has 8 heteroatoms. The van der Waals surface area contributed by atoms with Crippen molar-refractivity contribution in [1.29, 1.82) is 0 Å². The summed E-state index contributed by atoms with van der Waals surface area (Å²) in [5, 5.41) is 3.32. The molecule has 1 aliphatic heterocycles. The van der Waals surface area contributed by atoms with Gasteiger partial charge >= 0.3 is 6.09 Å². The summed E-state index contributed by atoms with van der Waals surface area (Å²) in [7, 11) is 0. The van der Waals surface area contributed by atoms with E-state index in [2.05, 4.69) is 17.2 Å². The van der Waals surface area contributed by atoms with E-state index in [0.29, 0.717) is 32.2 Å². The van der Waals surface area contributed by atoms with E-state index in [1.165, 1.54) is 19.3 Å². The van der Waals surface area contributed by atoms with Crippen molar-refractivity contribution >= 4 is 36.0 Å². The van der Waals surface area contributed by atoms with Crippen molar-refractivity contribution < 1.29 is 14.3 Å². The number of ether oxygens (including phenoxy) is 2. The van der Waals surface area contributed by atoms with Crippen molar-refractivity contribution in [1.82, 2.24) is 10.2 Å². The summed E-state index contributed by atoms with van der Waals surface area (Å²) < 4.78 is 11.2. The van der Waals surface area contributed by atoms with Gasteiger partial charge in [0, 0.05) is 25.7 Å². The molecule has 2 rings (SSSR count). The van der Waals surface area contributed by atoms with Crippen LogP contribution in [0.5, 0.6) is 0 Å². The first-order valence-electron chi connectivity index (χ1n) is 10.2. The first-order valence-corrected chi connectivity index (χ1v) is 10.2. The Morgan fingerprint density at radius 2 is 1.89 bits per heavy atom. The lowest BCUT2D eigenvalue weighted by Gasteiger charge is -2.36. The van der Waals surface area contributed by atoms with E-state index in [4.69, 9.17) is 15.2 Å². The molecule has 2 aliphatic rings. The van der Waals surface area contributed by atoms with Gasteiger partial charge in [0.25, 0.3) is 0 Å². The standard InChI is InChI=1S/C19H36N4O3.HI/c1-3-14-26-19(10-6-5-7-11-19)15-21-17(20)22-16-8-12-23(13-9-16)18(24)25-4-2;/h16H,3-15H2,1-2H3,(H3,20,21,22);1H. The van der Waals surface area contributed by atoms with Gasteiger partial charge in [0.05, 0.1) is 18.8 Å². The molecule has 1 saturated heterocycles. The number of nitrogens with one attached hydrogen (secondary N) is 1. The van der Waals surface area contributed by atoms with Gasteiger partial charge in [-0.25, -0.2) is 4.79 Å². The van der Waals surface area contributed by atoms with Gasteiger partial charge in [-0.3, -0.25) is 4.99 Å². The smallest absolute Gasteiger partial charge is 0.409 e. The van der Waals surface area contributed by atoms with Crippen LogP contribution < -0.4 is 11.1 Å². The summed E-state index contributed by atoms with van der Waals surface area (Å²) in [6.45, 7) is 7.17. The maximum absolute atomic E-state index is 11.7. The van der Waals surface area contributed by atoms with Crippen LogP contribution in [-0.2, 0) is 9.47 Å². The van der Waals surface area contributed by atoms with Crippen molar-refractivity contribution in [3.8, 4) is 0 Å². The van der Waals surface area contributed by atoms with Gasteiger partial charge in [-0.2, -0.15) is 0 Å². The minimum absolute atomic E-state index is 0. The number of aliphatic imine (C=N–C) groups is 1. The van der Waals surface area contributed by atoms with Gasteiger partial charge in [-0.1, -0.05) is 26.2 Å². The van der Waals surface area contributed by atoms with E-state index >= 15 is 0 Å². The minimum Gasteiger partial charge on any atom is -0.450 e. The monoisotopic (exact) mass is 496 g/mol. The molecule has 0 bridgehead atoms. The molecule has 0 spiro atoms. The average Bonchev–Trinajstić information content (AvgIpc) is 2.66. The minimum atomic E-state index is -0.222. The second kappa shape index (κ2) is 12.6. The molecule has 0 atom stereocenters. The van der Waals surface area contributed by atoms with Crippen molar-refractivity contribution in [3.63, 3.8) is 0 Å². The molecule has 0 aromatic carbocycles. The molecule has 0 aromatic rings. The lowest BCUT2D eigenvalue weighted by atomic mass is 9.84. The SMILES string of the molecule is CCCOC1(CN=C(N)NC2CCN(C(=O)OCC)CC2)CCCCC1.I. The number of amides is 1. The van der Waals surface area contributed by atoms with Gasteiger partial charge in [0.15, 0.2) is 5.96 Å². The number of carbonyl (C=O) groups is 1. The number of nitrogens with two attached hydrogens (primary N) is 1.